The fourth-order valence-electron chi connectivity index (χ4n) is 1.77. The zero-order valence-electron chi connectivity index (χ0n) is 9.84. The maximum absolute atomic E-state index is 11.5. The standard InChI is InChI=1S/C12H14N2O3/c1-13(2)12(16)17-11-5-3-4-9-6-14(8-15)7-10(9)11/h3-5,8H,6-7H2,1-2H3. The number of carbonyl (C=O) groups is 2. The van der Waals surface area contributed by atoms with Gasteiger partial charge >= 0.3 is 6.09 Å². The Morgan fingerprint density at radius 2 is 2.18 bits per heavy atom. The van der Waals surface area contributed by atoms with E-state index in [-0.39, 0.29) is 0 Å². The van der Waals surface area contributed by atoms with Gasteiger partial charge in [-0.1, -0.05) is 12.1 Å². The second-order valence-electron chi connectivity index (χ2n) is 4.17. The van der Waals surface area contributed by atoms with E-state index in [9.17, 15) is 9.59 Å². The lowest BCUT2D eigenvalue weighted by Crippen LogP contribution is -2.25. The molecule has 0 atom stereocenters. The molecular formula is C12H14N2O3. The smallest absolute Gasteiger partial charge is 0.410 e. The van der Waals surface area contributed by atoms with Crippen LogP contribution in [0.15, 0.2) is 18.2 Å². The van der Waals surface area contributed by atoms with E-state index in [2.05, 4.69) is 0 Å². The Kier molecular flexibility index (Phi) is 2.99. The monoisotopic (exact) mass is 234 g/mol. The van der Waals surface area contributed by atoms with Gasteiger partial charge in [0.25, 0.3) is 0 Å². The maximum Gasteiger partial charge on any atom is 0.414 e. The van der Waals surface area contributed by atoms with Gasteiger partial charge in [-0.15, -0.1) is 0 Å². The van der Waals surface area contributed by atoms with Crippen molar-refractivity contribution in [3.8, 4) is 5.75 Å². The summed E-state index contributed by atoms with van der Waals surface area (Å²) in [6, 6.07) is 5.51. The molecule has 1 heterocycles. The van der Waals surface area contributed by atoms with Gasteiger partial charge in [-0.05, 0) is 11.6 Å². The Morgan fingerprint density at radius 3 is 2.82 bits per heavy atom. The summed E-state index contributed by atoms with van der Waals surface area (Å²) in [7, 11) is 3.26. The second kappa shape index (κ2) is 4.45. The van der Waals surface area contributed by atoms with Crippen LogP contribution in [0.2, 0.25) is 0 Å². The number of ether oxygens (including phenoxy) is 1. The topological polar surface area (TPSA) is 49.9 Å². The van der Waals surface area contributed by atoms with Crippen molar-refractivity contribution >= 4 is 12.5 Å². The van der Waals surface area contributed by atoms with Crippen LogP contribution in [0.25, 0.3) is 0 Å². The molecule has 0 saturated heterocycles. The lowest BCUT2D eigenvalue weighted by molar-refractivity contribution is -0.118. The fraction of sp³-hybridized carbons (Fsp3) is 0.333. The number of rotatable bonds is 2. The zero-order valence-corrected chi connectivity index (χ0v) is 9.84. The quantitative estimate of drug-likeness (QED) is 0.723. The summed E-state index contributed by atoms with van der Waals surface area (Å²) in [5.41, 5.74) is 1.94. The van der Waals surface area contributed by atoms with E-state index in [0.29, 0.717) is 18.8 Å². The lowest BCUT2D eigenvalue weighted by Gasteiger charge is -2.13. The van der Waals surface area contributed by atoms with Gasteiger partial charge in [0.05, 0.1) is 0 Å². The van der Waals surface area contributed by atoms with Crippen LogP contribution in [-0.2, 0) is 17.9 Å². The summed E-state index contributed by atoms with van der Waals surface area (Å²) in [4.78, 5) is 25.2. The molecule has 2 rings (SSSR count). The molecule has 0 aliphatic carbocycles. The minimum atomic E-state index is -0.414. The molecule has 0 saturated carbocycles. The number of nitrogens with zero attached hydrogens (tertiary/aromatic N) is 2. The van der Waals surface area contributed by atoms with Crippen molar-refractivity contribution in [2.24, 2.45) is 0 Å². The van der Waals surface area contributed by atoms with Gasteiger partial charge < -0.3 is 14.5 Å². The molecule has 0 bridgehead atoms. The Hall–Kier alpha value is -2.04. The summed E-state index contributed by atoms with van der Waals surface area (Å²) in [6.45, 7) is 1.07. The highest BCUT2D eigenvalue weighted by Gasteiger charge is 2.22. The number of carbonyl (C=O) groups excluding carboxylic acids is 2. The van der Waals surface area contributed by atoms with Crippen LogP contribution >= 0.6 is 0 Å². The summed E-state index contributed by atoms with van der Waals surface area (Å²) < 4.78 is 5.26. The van der Waals surface area contributed by atoms with E-state index in [1.165, 1.54) is 4.90 Å². The Balaban J connectivity index is 2.24. The van der Waals surface area contributed by atoms with Gasteiger partial charge in [-0.2, -0.15) is 0 Å². The van der Waals surface area contributed by atoms with Gasteiger partial charge in [-0.25, -0.2) is 4.79 Å². The zero-order chi connectivity index (χ0) is 12.4. The Bertz CT molecular complexity index is 457. The van der Waals surface area contributed by atoms with Crippen molar-refractivity contribution in [1.29, 1.82) is 0 Å². The fourth-order valence-corrected chi connectivity index (χ4v) is 1.77. The average Bonchev–Trinajstić information content (AvgIpc) is 2.72. The first kappa shape index (κ1) is 11.4. The molecule has 1 aromatic rings. The second-order valence-corrected chi connectivity index (χ2v) is 4.17. The molecule has 90 valence electrons. The molecule has 1 aliphatic rings. The highest BCUT2D eigenvalue weighted by atomic mass is 16.6. The van der Waals surface area contributed by atoms with Crippen molar-refractivity contribution in [2.75, 3.05) is 14.1 Å². The molecule has 1 aliphatic heterocycles. The van der Waals surface area contributed by atoms with Crippen molar-refractivity contribution in [3.63, 3.8) is 0 Å². The molecule has 0 unspecified atom stereocenters. The van der Waals surface area contributed by atoms with Crippen molar-refractivity contribution < 1.29 is 14.3 Å². The van der Waals surface area contributed by atoms with Crippen molar-refractivity contribution in [2.45, 2.75) is 13.1 Å². The molecule has 5 heteroatoms. The minimum absolute atomic E-state index is 0.414. The molecule has 0 aromatic heterocycles. The predicted octanol–water partition coefficient (Wildman–Crippen LogP) is 1.22. The van der Waals surface area contributed by atoms with E-state index < -0.39 is 6.09 Å². The third kappa shape index (κ3) is 2.22. The van der Waals surface area contributed by atoms with E-state index in [1.807, 2.05) is 12.1 Å². The Labute approximate surface area is 99.6 Å². The van der Waals surface area contributed by atoms with Crippen molar-refractivity contribution in [1.82, 2.24) is 9.80 Å². The van der Waals surface area contributed by atoms with Crippen LogP contribution in [-0.4, -0.2) is 36.4 Å². The van der Waals surface area contributed by atoms with Gasteiger partial charge in [0, 0.05) is 32.7 Å². The highest BCUT2D eigenvalue weighted by molar-refractivity contribution is 5.71. The van der Waals surface area contributed by atoms with Gasteiger partial charge in [0.1, 0.15) is 5.75 Å². The lowest BCUT2D eigenvalue weighted by atomic mass is 10.1. The van der Waals surface area contributed by atoms with Crippen molar-refractivity contribution in [3.05, 3.63) is 29.3 Å². The number of amides is 2. The molecule has 17 heavy (non-hydrogen) atoms. The molecule has 1 aromatic carbocycles. The first-order valence-electron chi connectivity index (χ1n) is 5.31. The van der Waals surface area contributed by atoms with Crippen LogP contribution in [0.5, 0.6) is 5.75 Å². The SMILES string of the molecule is CN(C)C(=O)Oc1cccc2c1CN(C=O)C2. The largest absolute Gasteiger partial charge is 0.414 e. The molecule has 5 nitrogen and oxygen atoms in total. The van der Waals surface area contributed by atoms with Crippen LogP contribution in [0.3, 0.4) is 0 Å². The van der Waals surface area contributed by atoms with Crippen LogP contribution in [0.1, 0.15) is 11.1 Å². The van der Waals surface area contributed by atoms with E-state index in [0.717, 1.165) is 17.5 Å². The molecule has 0 fully saturated rings. The van der Waals surface area contributed by atoms with Crippen LogP contribution < -0.4 is 4.74 Å². The van der Waals surface area contributed by atoms with Gasteiger partial charge in [-0.3, -0.25) is 4.79 Å². The molecule has 2 amide bonds. The minimum Gasteiger partial charge on any atom is -0.410 e. The predicted molar refractivity (Wildman–Crippen MR) is 61.5 cm³/mol. The highest BCUT2D eigenvalue weighted by Crippen LogP contribution is 2.30. The summed E-state index contributed by atoms with van der Waals surface area (Å²) >= 11 is 0. The maximum atomic E-state index is 11.5. The van der Waals surface area contributed by atoms with E-state index in [4.69, 9.17) is 4.74 Å². The third-order valence-electron chi connectivity index (χ3n) is 2.68. The number of hydrogen-bond donors (Lipinski definition) is 0. The third-order valence-corrected chi connectivity index (χ3v) is 2.68. The first-order valence-corrected chi connectivity index (χ1v) is 5.31. The molecule has 0 radical (unpaired) electrons. The normalized spacial score (nSPS) is 13.2. The van der Waals surface area contributed by atoms with Crippen LogP contribution in [0.4, 0.5) is 4.79 Å². The number of benzene rings is 1. The molecule has 0 N–H and O–H groups in total. The number of hydrogen-bond acceptors (Lipinski definition) is 3. The van der Waals surface area contributed by atoms with E-state index >= 15 is 0 Å². The van der Waals surface area contributed by atoms with E-state index in [1.54, 1.807) is 25.1 Å². The summed E-state index contributed by atoms with van der Waals surface area (Å²) in [5.74, 6) is 0.533. The first-order chi connectivity index (χ1) is 8.11. The molecular weight excluding hydrogens is 220 g/mol. The number of fused-ring (bicyclic) bond motifs is 1. The summed E-state index contributed by atoms with van der Waals surface area (Å²) in [5, 5.41) is 0. The summed E-state index contributed by atoms with van der Waals surface area (Å²) in [6.07, 6.45) is 0.389. The van der Waals surface area contributed by atoms with Gasteiger partial charge in [0.15, 0.2) is 0 Å². The molecule has 0 spiro atoms. The Morgan fingerprint density at radius 1 is 1.41 bits per heavy atom. The van der Waals surface area contributed by atoms with Gasteiger partial charge in [0.2, 0.25) is 6.41 Å². The average molecular weight is 234 g/mol. The van der Waals surface area contributed by atoms with Crippen LogP contribution in [0, 0.1) is 0 Å².